The molecule has 92 valence electrons. The number of nitro benzene ring substituents is 1. The molecule has 0 bridgehead atoms. The Morgan fingerprint density at radius 1 is 1.35 bits per heavy atom. The van der Waals surface area contributed by atoms with Crippen molar-refractivity contribution in [3.05, 3.63) is 39.9 Å². The van der Waals surface area contributed by atoms with Crippen molar-refractivity contribution in [1.29, 1.82) is 0 Å². The van der Waals surface area contributed by atoms with Gasteiger partial charge in [0.25, 0.3) is 5.69 Å². The quantitative estimate of drug-likeness (QED) is 0.330. The van der Waals surface area contributed by atoms with Gasteiger partial charge in [-0.05, 0) is 19.3 Å². The van der Waals surface area contributed by atoms with Gasteiger partial charge in [-0.2, -0.15) is 0 Å². The Morgan fingerprint density at radius 2 is 2.06 bits per heavy atom. The van der Waals surface area contributed by atoms with Crippen molar-refractivity contribution in [2.24, 2.45) is 0 Å². The third-order valence-corrected chi connectivity index (χ3v) is 2.49. The number of nitrogens with zero attached hydrogens (tertiary/aromatic N) is 1. The van der Waals surface area contributed by atoms with Gasteiger partial charge in [0, 0.05) is 18.1 Å². The molecule has 1 rings (SSSR count). The lowest BCUT2D eigenvalue weighted by Crippen LogP contribution is -2.00. The van der Waals surface area contributed by atoms with Crippen LogP contribution in [0.3, 0.4) is 0 Å². The highest BCUT2D eigenvalue weighted by Gasteiger charge is 2.11. The number of carbonyl (C=O) groups excluding carboxylic acids is 1. The van der Waals surface area contributed by atoms with E-state index in [-0.39, 0.29) is 16.6 Å². The molecule has 0 heterocycles. The summed E-state index contributed by atoms with van der Waals surface area (Å²) in [5.74, 6) is -0.243. The molecule has 1 aromatic rings. The van der Waals surface area contributed by atoms with Crippen LogP contribution in [0.15, 0.2) is 24.3 Å². The zero-order chi connectivity index (χ0) is 12.7. The van der Waals surface area contributed by atoms with E-state index in [9.17, 15) is 14.9 Å². The summed E-state index contributed by atoms with van der Waals surface area (Å²) >= 11 is 0. The van der Waals surface area contributed by atoms with Crippen LogP contribution in [0, 0.1) is 10.1 Å². The van der Waals surface area contributed by atoms with Crippen molar-refractivity contribution in [2.45, 2.75) is 25.7 Å². The van der Waals surface area contributed by atoms with E-state index in [4.69, 9.17) is 0 Å². The minimum absolute atomic E-state index is 0.144. The zero-order valence-corrected chi connectivity index (χ0v) is 9.72. The molecule has 1 aromatic carbocycles. The number of hydrogen-bond donors (Lipinski definition) is 0. The molecule has 0 unspecified atom stereocenters. The van der Waals surface area contributed by atoms with E-state index in [1.54, 1.807) is 18.2 Å². The Kier molecular flexibility index (Phi) is 5.13. The van der Waals surface area contributed by atoms with Crippen LogP contribution in [-0.2, 0) is 16.0 Å². The van der Waals surface area contributed by atoms with Gasteiger partial charge in [-0.15, -0.1) is 0 Å². The second-order valence-electron chi connectivity index (χ2n) is 3.67. The summed E-state index contributed by atoms with van der Waals surface area (Å²) < 4.78 is 4.52. The summed E-state index contributed by atoms with van der Waals surface area (Å²) in [4.78, 5) is 21.2. The molecule has 0 saturated heterocycles. The molecule has 5 nitrogen and oxygen atoms in total. The van der Waals surface area contributed by atoms with Crippen LogP contribution < -0.4 is 0 Å². The summed E-state index contributed by atoms with van der Waals surface area (Å²) in [5, 5.41) is 10.7. The Morgan fingerprint density at radius 3 is 2.71 bits per heavy atom. The van der Waals surface area contributed by atoms with E-state index >= 15 is 0 Å². The van der Waals surface area contributed by atoms with E-state index < -0.39 is 0 Å². The molecule has 0 aliphatic rings. The highest BCUT2D eigenvalue weighted by Crippen LogP contribution is 2.19. The van der Waals surface area contributed by atoms with Crippen molar-refractivity contribution in [3.63, 3.8) is 0 Å². The number of para-hydroxylation sites is 1. The van der Waals surface area contributed by atoms with Gasteiger partial charge in [-0.3, -0.25) is 14.9 Å². The fourth-order valence-corrected chi connectivity index (χ4v) is 1.59. The van der Waals surface area contributed by atoms with Crippen LogP contribution in [0.5, 0.6) is 0 Å². The molecule has 0 aliphatic carbocycles. The minimum Gasteiger partial charge on any atom is -0.469 e. The Labute approximate surface area is 99.5 Å². The average Bonchev–Trinajstić information content (AvgIpc) is 2.34. The van der Waals surface area contributed by atoms with Crippen molar-refractivity contribution in [3.8, 4) is 0 Å². The van der Waals surface area contributed by atoms with E-state index in [1.807, 2.05) is 0 Å². The van der Waals surface area contributed by atoms with Crippen LogP contribution in [0.25, 0.3) is 0 Å². The maximum absolute atomic E-state index is 10.9. The highest BCUT2D eigenvalue weighted by molar-refractivity contribution is 5.68. The highest BCUT2D eigenvalue weighted by atomic mass is 16.6. The first kappa shape index (κ1) is 13.2. The predicted molar refractivity (Wildman–Crippen MR) is 62.7 cm³/mol. The van der Waals surface area contributed by atoms with E-state index in [2.05, 4.69) is 4.74 Å². The largest absolute Gasteiger partial charge is 0.469 e. The number of benzene rings is 1. The average molecular weight is 237 g/mol. The first-order valence-corrected chi connectivity index (χ1v) is 5.44. The summed E-state index contributed by atoms with van der Waals surface area (Å²) in [7, 11) is 1.35. The van der Waals surface area contributed by atoms with Crippen molar-refractivity contribution >= 4 is 11.7 Å². The SMILES string of the molecule is COC(=O)CCCCc1ccccc1[N+](=O)[O-]. The van der Waals surface area contributed by atoms with Gasteiger partial charge >= 0.3 is 5.97 Å². The molecule has 17 heavy (non-hydrogen) atoms. The number of carbonyl (C=O) groups is 1. The van der Waals surface area contributed by atoms with Crippen LogP contribution in [0.2, 0.25) is 0 Å². The third kappa shape index (κ3) is 4.22. The Bertz CT molecular complexity index is 403. The number of aryl methyl sites for hydroxylation is 1. The van der Waals surface area contributed by atoms with Gasteiger partial charge in [-0.1, -0.05) is 18.2 Å². The number of methoxy groups -OCH3 is 1. The molecule has 0 saturated carbocycles. The van der Waals surface area contributed by atoms with E-state index in [1.165, 1.54) is 13.2 Å². The normalized spacial score (nSPS) is 9.94. The minimum atomic E-state index is -0.379. The summed E-state index contributed by atoms with van der Waals surface area (Å²) in [6, 6.07) is 6.67. The molecular weight excluding hydrogens is 222 g/mol. The first-order chi connectivity index (χ1) is 8.15. The second kappa shape index (κ2) is 6.62. The molecule has 0 amide bonds. The van der Waals surface area contributed by atoms with Gasteiger partial charge in [0.1, 0.15) is 0 Å². The summed E-state index contributed by atoms with van der Waals surface area (Å²) in [6.45, 7) is 0. The lowest BCUT2D eigenvalue weighted by molar-refractivity contribution is -0.385. The smallest absolute Gasteiger partial charge is 0.305 e. The van der Waals surface area contributed by atoms with Crippen LogP contribution in [-0.4, -0.2) is 18.0 Å². The van der Waals surface area contributed by atoms with Crippen LogP contribution in [0.1, 0.15) is 24.8 Å². The van der Waals surface area contributed by atoms with Gasteiger partial charge in [-0.25, -0.2) is 0 Å². The molecule has 0 atom stereocenters. The fraction of sp³-hybridized carbons (Fsp3) is 0.417. The van der Waals surface area contributed by atoms with Crippen LogP contribution >= 0.6 is 0 Å². The van der Waals surface area contributed by atoms with Crippen molar-refractivity contribution < 1.29 is 14.5 Å². The number of nitro groups is 1. The molecule has 0 N–H and O–H groups in total. The maximum atomic E-state index is 10.9. The van der Waals surface area contributed by atoms with E-state index in [0.717, 1.165) is 6.42 Å². The van der Waals surface area contributed by atoms with Gasteiger partial charge in [0.05, 0.1) is 12.0 Å². The second-order valence-corrected chi connectivity index (χ2v) is 3.67. The topological polar surface area (TPSA) is 69.4 Å². The lowest BCUT2D eigenvalue weighted by Gasteiger charge is -2.02. The van der Waals surface area contributed by atoms with Gasteiger partial charge in [0.15, 0.2) is 0 Å². The molecule has 0 radical (unpaired) electrons. The molecule has 5 heteroatoms. The molecule has 0 fully saturated rings. The van der Waals surface area contributed by atoms with Crippen LogP contribution in [0.4, 0.5) is 5.69 Å². The van der Waals surface area contributed by atoms with Crippen molar-refractivity contribution in [2.75, 3.05) is 7.11 Å². The maximum Gasteiger partial charge on any atom is 0.305 e. The molecule has 0 aliphatic heterocycles. The fourth-order valence-electron chi connectivity index (χ4n) is 1.59. The monoisotopic (exact) mass is 237 g/mol. The number of esters is 1. The van der Waals surface area contributed by atoms with Gasteiger partial charge < -0.3 is 4.74 Å². The number of rotatable bonds is 6. The summed E-state index contributed by atoms with van der Waals surface area (Å²) in [5.41, 5.74) is 0.855. The number of hydrogen-bond acceptors (Lipinski definition) is 4. The van der Waals surface area contributed by atoms with Gasteiger partial charge in [0.2, 0.25) is 0 Å². The predicted octanol–water partition coefficient (Wildman–Crippen LogP) is 2.48. The van der Waals surface area contributed by atoms with Crippen molar-refractivity contribution in [1.82, 2.24) is 0 Å². The molecule has 0 spiro atoms. The number of unbranched alkanes of at least 4 members (excludes halogenated alkanes) is 1. The Hall–Kier alpha value is -1.91. The summed E-state index contributed by atoms with van der Waals surface area (Å²) in [6.07, 6.45) is 2.38. The zero-order valence-electron chi connectivity index (χ0n) is 9.72. The standard InChI is InChI=1S/C12H15NO4/c1-17-12(14)9-5-3-7-10-6-2-4-8-11(10)13(15)16/h2,4,6,8H,3,5,7,9H2,1H3. The molecule has 0 aromatic heterocycles. The number of ether oxygens (including phenoxy) is 1. The first-order valence-electron chi connectivity index (χ1n) is 5.44. The Balaban J connectivity index is 2.46. The molecular formula is C12H15NO4. The van der Waals surface area contributed by atoms with E-state index in [0.29, 0.717) is 24.8 Å². The lowest BCUT2D eigenvalue weighted by atomic mass is 10.1. The third-order valence-electron chi connectivity index (χ3n) is 2.49.